The topological polar surface area (TPSA) is 26.3 Å². The Kier molecular flexibility index (Phi) is 1.83. The second-order valence-corrected chi connectivity index (χ2v) is 4.40. The Bertz CT molecular complexity index is 260. The summed E-state index contributed by atoms with van der Waals surface area (Å²) in [4.78, 5) is 11.1. The van der Waals surface area contributed by atoms with Gasteiger partial charge in [-0.1, -0.05) is 0 Å². The molecular formula is C11H14O2. The summed E-state index contributed by atoms with van der Waals surface area (Å²) >= 11 is 0. The van der Waals surface area contributed by atoms with Crippen molar-refractivity contribution in [2.75, 3.05) is 7.11 Å². The van der Waals surface area contributed by atoms with Gasteiger partial charge in [-0.05, 0) is 31.1 Å². The predicted molar refractivity (Wildman–Crippen MR) is 48.7 cm³/mol. The van der Waals surface area contributed by atoms with E-state index in [1.165, 1.54) is 7.11 Å². The number of esters is 1. The van der Waals surface area contributed by atoms with E-state index in [0.717, 1.165) is 25.7 Å². The fourth-order valence-corrected chi connectivity index (χ4v) is 2.76. The average molecular weight is 178 g/mol. The summed E-state index contributed by atoms with van der Waals surface area (Å²) in [6.45, 7) is 0. The van der Waals surface area contributed by atoms with Crippen LogP contribution in [0.25, 0.3) is 0 Å². The summed E-state index contributed by atoms with van der Waals surface area (Å²) in [6.07, 6.45) is 9.55. The lowest BCUT2D eigenvalue weighted by molar-refractivity contribution is -0.159. The standard InChI is InChI=1S/C11H14O2/c1-3-8-4-11(5-8)6-9(7-11)10(12)13-2/h1,8-9H,4-7H2,2H3. The highest BCUT2D eigenvalue weighted by atomic mass is 16.5. The highest BCUT2D eigenvalue weighted by molar-refractivity contribution is 5.73. The number of carbonyl (C=O) groups excluding carboxylic acids is 1. The first-order valence-corrected chi connectivity index (χ1v) is 4.73. The van der Waals surface area contributed by atoms with Crippen LogP contribution in [0, 0.1) is 29.6 Å². The van der Waals surface area contributed by atoms with Crippen LogP contribution in [-0.4, -0.2) is 13.1 Å². The van der Waals surface area contributed by atoms with Gasteiger partial charge in [-0.15, -0.1) is 12.3 Å². The quantitative estimate of drug-likeness (QED) is 0.450. The Labute approximate surface area is 78.7 Å². The molecule has 0 heterocycles. The molecule has 2 nitrogen and oxygen atoms in total. The molecule has 0 unspecified atom stereocenters. The monoisotopic (exact) mass is 178 g/mol. The molecular weight excluding hydrogens is 164 g/mol. The van der Waals surface area contributed by atoms with E-state index in [1.807, 2.05) is 0 Å². The summed E-state index contributed by atoms with van der Waals surface area (Å²) in [5, 5.41) is 0. The second-order valence-electron chi connectivity index (χ2n) is 4.40. The largest absolute Gasteiger partial charge is 0.469 e. The van der Waals surface area contributed by atoms with E-state index < -0.39 is 0 Å². The van der Waals surface area contributed by atoms with E-state index >= 15 is 0 Å². The molecule has 0 aromatic carbocycles. The molecule has 2 fully saturated rings. The lowest BCUT2D eigenvalue weighted by Gasteiger charge is -2.55. The normalized spacial score (nSPS) is 41.5. The molecule has 0 bridgehead atoms. The van der Waals surface area contributed by atoms with Gasteiger partial charge in [0.15, 0.2) is 0 Å². The molecule has 13 heavy (non-hydrogen) atoms. The number of hydrogen-bond acceptors (Lipinski definition) is 2. The number of terminal acetylenes is 1. The van der Waals surface area contributed by atoms with Gasteiger partial charge in [0.25, 0.3) is 0 Å². The molecule has 0 atom stereocenters. The fourth-order valence-electron chi connectivity index (χ4n) is 2.76. The van der Waals surface area contributed by atoms with Crippen LogP contribution in [0.15, 0.2) is 0 Å². The van der Waals surface area contributed by atoms with Crippen molar-refractivity contribution >= 4 is 5.97 Å². The number of methoxy groups -OCH3 is 1. The third-order valence-electron chi connectivity index (χ3n) is 3.49. The van der Waals surface area contributed by atoms with Crippen LogP contribution in [-0.2, 0) is 9.53 Å². The molecule has 2 rings (SSSR count). The van der Waals surface area contributed by atoms with Gasteiger partial charge >= 0.3 is 5.97 Å². The fraction of sp³-hybridized carbons (Fsp3) is 0.727. The minimum absolute atomic E-state index is 0.0465. The Hall–Kier alpha value is -0.970. The molecule has 0 amide bonds. The maximum absolute atomic E-state index is 11.1. The SMILES string of the molecule is C#CC1CC2(C1)CC(C(=O)OC)C2. The van der Waals surface area contributed by atoms with Crippen molar-refractivity contribution in [2.24, 2.45) is 17.3 Å². The molecule has 1 spiro atoms. The number of ether oxygens (including phenoxy) is 1. The van der Waals surface area contributed by atoms with Crippen molar-refractivity contribution in [1.82, 2.24) is 0 Å². The van der Waals surface area contributed by atoms with Crippen molar-refractivity contribution in [2.45, 2.75) is 25.7 Å². The molecule has 0 N–H and O–H groups in total. The zero-order valence-corrected chi connectivity index (χ0v) is 7.88. The van der Waals surface area contributed by atoms with Gasteiger partial charge < -0.3 is 4.74 Å². The molecule has 2 aliphatic carbocycles. The van der Waals surface area contributed by atoms with E-state index in [2.05, 4.69) is 10.7 Å². The van der Waals surface area contributed by atoms with Crippen LogP contribution >= 0.6 is 0 Å². The van der Waals surface area contributed by atoms with Gasteiger partial charge in [0, 0.05) is 5.92 Å². The first-order valence-electron chi connectivity index (χ1n) is 4.73. The van der Waals surface area contributed by atoms with Crippen LogP contribution in [0.1, 0.15) is 25.7 Å². The summed E-state index contributed by atoms with van der Waals surface area (Å²) < 4.78 is 4.69. The van der Waals surface area contributed by atoms with E-state index in [0.29, 0.717) is 11.3 Å². The molecule has 0 radical (unpaired) electrons. The highest BCUT2D eigenvalue weighted by Gasteiger charge is 2.54. The van der Waals surface area contributed by atoms with E-state index in [1.54, 1.807) is 0 Å². The van der Waals surface area contributed by atoms with Crippen molar-refractivity contribution in [3.05, 3.63) is 0 Å². The maximum Gasteiger partial charge on any atom is 0.308 e. The van der Waals surface area contributed by atoms with E-state index in [9.17, 15) is 4.79 Å². The number of hydrogen-bond donors (Lipinski definition) is 0. The summed E-state index contributed by atoms with van der Waals surface area (Å²) in [5.74, 6) is 3.35. The lowest BCUT2D eigenvalue weighted by atomic mass is 9.48. The molecule has 2 saturated carbocycles. The van der Waals surface area contributed by atoms with Crippen LogP contribution in [0.5, 0.6) is 0 Å². The Morgan fingerprint density at radius 1 is 1.46 bits per heavy atom. The summed E-state index contributed by atoms with van der Waals surface area (Å²) in [6, 6.07) is 0. The third kappa shape index (κ3) is 1.23. The molecule has 2 heteroatoms. The van der Waals surface area contributed by atoms with Crippen LogP contribution in [0.4, 0.5) is 0 Å². The predicted octanol–water partition coefficient (Wildman–Crippen LogP) is 1.60. The zero-order chi connectivity index (χ0) is 9.47. The van der Waals surface area contributed by atoms with Gasteiger partial charge in [0.2, 0.25) is 0 Å². The van der Waals surface area contributed by atoms with Gasteiger partial charge in [0.1, 0.15) is 0 Å². The molecule has 0 aromatic heterocycles. The number of carbonyl (C=O) groups is 1. The molecule has 0 saturated heterocycles. The minimum atomic E-state index is -0.0465. The van der Waals surface area contributed by atoms with Crippen LogP contribution < -0.4 is 0 Å². The summed E-state index contributed by atoms with van der Waals surface area (Å²) in [7, 11) is 1.46. The first kappa shape index (κ1) is 8.62. The van der Waals surface area contributed by atoms with Gasteiger partial charge in [0.05, 0.1) is 13.0 Å². The van der Waals surface area contributed by atoms with Gasteiger partial charge in [-0.25, -0.2) is 0 Å². The maximum atomic E-state index is 11.1. The van der Waals surface area contributed by atoms with Gasteiger partial charge in [-0.2, -0.15) is 0 Å². The third-order valence-corrected chi connectivity index (χ3v) is 3.49. The second kappa shape index (κ2) is 2.77. The summed E-state index contributed by atoms with van der Waals surface area (Å²) in [5.41, 5.74) is 0.426. The zero-order valence-electron chi connectivity index (χ0n) is 7.88. The van der Waals surface area contributed by atoms with Crippen molar-refractivity contribution in [1.29, 1.82) is 0 Å². The highest BCUT2D eigenvalue weighted by Crippen LogP contribution is 2.61. The average Bonchev–Trinajstić information content (AvgIpc) is 1.99. The lowest BCUT2D eigenvalue weighted by Crippen LogP contribution is -2.49. The van der Waals surface area contributed by atoms with Crippen molar-refractivity contribution in [3.63, 3.8) is 0 Å². The van der Waals surface area contributed by atoms with Gasteiger partial charge in [-0.3, -0.25) is 4.79 Å². The van der Waals surface area contributed by atoms with Crippen molar-refractivity contribution in [3.8, 4) is 12.3 Å². The van der Waals surface area contributed by atoms with E-state index in [-0.39, 0.29) is 11.9 Å². The molecule has 2 aliphatic rings. The number of rotatable bonds is 1. The first-order chi connectivity index (χ1) is 6.19. The minimum Gasteiger partial charge on any atom is -0.469 e. The smallest absolute Gasteiger partial charge is 0.308 e. The van der Waals surface area contributed by atoms with Crippen molar-refractivity contribution < 1.29 is 9.53 Å². The Morgan fingerprint density at radius 2 is 2.08 bits per heavy atom. The van der Waals surface area contributed by atoms with Crippen LogP contribution in [0.2, 0.25) is 0 Å². The van der Waals surface area contributed by atoms with Crippen LogP contribution in [0.3, 0.4) is 0 Å². The molecule has 0 aromatic rings. The molecule has 0 aliphatic heterocycles. The Morgan fingerprint density at radius 3 is 2.54 bits per heavy atom. The Balaban J connectivity index is 1.80. The van der Waals surface area contributed by atoms with E-state index in [4.69, 9.17) is 6.42 Å². The molecule has 70 valence electrons.